The van der Waals surface area contributed by atoms with Crippen LogP contribution in [-0.2, 0) is 9.59 Å². The van der Waals surface area contributed by atoms with Gasteiger partial charge in [0.05, 0.1) is 0 Å². The van der Waals surface area contributed by atoms with Crippen LogP contribution in [0.15, 0.2) is 34.9 Å². The van der Waals surface area contributed by atoms with Gasteiger partial charge in [0.25, 0.3) is 0 Å². The van der Waals surface area contributed by atoms with E-state index in [-0.39, 0.29) is 17.9 Å². The summed E-state index contributed by atoms with van der Waals surface area (Å²) in [7, 11) is 2.19. The number of hydrogen-bond acceptors (Lipinski definition) is 5. The predicted octanol–water partition coefficient (Wildman–Crippen LogP) is 7.27. The molecule has 0 radical (unpaired) electrons. The van der Waals surface area contributed by atoms with Crippen LogP contribution in [0.3, 0.4) is 0 Å². The highest BCUT2D eigenvalue weighted by molar-refractivity contribution is 7.99. The lowest BCUT2D eigenvalue weighted by Crippen LogP contribution is -2.50. The maximum absolute atomic E-state index is 13.3. The highest BCUT2D eigenvalue weighted by Crippen LogP contribution is 2.18. The summed E-state index contributed by atoms with van der Waals surface area (Å²) in [4.78, 5) is 31.1. The van der Waals surface area contributed by atoms with Crippen LogP contribution in [0.4, 0.5) is 0 Å². The van der Waals surface area contributed by atoms with Crippen molar-refractivity contribution in [3.63, 3.8) is 0 Å². The first-order chi connectivity index (χ1) is 20.7. The van der Waals surface area contributed by atoms with Crippen LogP contribution in [-0.4, -0.2) is 85.0 Å². The number of nitrogens with zero attached hydrogens (tertiary/aromatic N) is 2. The number of piperazine rings is 1. The van der Waals surface area contributed by atoms with Crippen LogP contribution >= 0.6 is 11.8 Å². The molecule has 1 aliphatic carbocycles. The summed E-state index contributed by atoms with van der Waals surface area (Å²) in [5.41, 5.74) is 4.24. The van der Waals surface area contributed by atoms with E-state index in [1.807, 2.05) is 0 Å². The first-order valence-corrected chi connectivity index (χ1v) is 18.4. The molecule has 1 atom stereocenters. The van der Waals surface area contributed by atoms with Crippen molar-refractivity contribution in [3.05, 3.63) is 34.9 Å². The Morgan fingerprint density at radius 2 is 1.47 bits per heavy atom. The Kier molecular flexibility index (Phi) is 20.0. The summed E-state index contributed by atoms with van der Waals surface area (Å²) in [5.74, 6) is 1.49. The predicted molar refractivity (Wildman–Crippen MR) is 187 cm³/mol. The largest absolute Gasteiger partial charge is 0.352 e. The van der Waals surface area contributed by atoms with Gasteiger partial charge >= 0.3 is 0 Å². The van der Waals surface area contributed by atoms with Gasteiger partial charge in [-0.3, -0.25) is 9.59 Å². The molecule has 1 aliphatic heterocycles. The maximum Gasteiger partial charge on any atom is 0.243 e. The Balaban J connectivity index is 1.75. The number of carbonyl (C=O) groups excluding carboxylic acids is 2. The van der Waals surface area contributed by atoms with E-state index in [1.54, 1.807) is 11.8 Å². The van der Waals surface area contributed by atoms with Gasteiger partial charge in [-0.2, -0.15) is 11.8 Å². The van der Waals surface area contributed by atoms with Gasteiger partial charge in [-0.05, 0) is 92.7 Å². The summed E-state index contributed by atoms with van der Waals surface area (Å²) in [6.07, 6.45) is 21.9. The van der Waals surface area contributed by atoms with Crippen molar-refractivity contribution in [2.75, 3.05) is 51.3 Å². The van der Waals surface area contributed by atoms with Crippen LogP contribution in [0.25, 0.3) is 0 Å². The number of thioether (sulfide) groups is 1. The molecule has 0 aromatic heterocycles. The monoisotopic (exact) mass is 616 g/mol. The molecule has 1 saturated carbocycles. The Hall–Kier alpha value is -1.57. The molecule has 43 heavy (non-hydrogen) atoms. The molecule has 7 heteroatoms. The molecule has 2 amide bonds. The zero-order chi connectivity index (χ0) is 31.3. The molecule has 2 rings (SSSR count). The quantitative estimate of drug-likeness (QED) is 0.0908. The molecule has 0 bridgehead atoms. The first kappa shape index (κ1) is 37.6. The van der Waals surface area contributed by atoms with Gasteiger partial charge in [0.2, 0.25) is 11.8 Å². The minimum absolute atomic E-state index is 0.00255. The second kappa shape index (κ2) is 22.9. The molecule has 2 N–H and O–H groups in total. The van der Waals surface area contributed by atoms with Crippen molar-refractivity contribution >= 4 is 23.6 Å². The minimum Gasteiger partial charge on any atom is -0.352 e. The lowest BCUT2D eigenvalue weighted by molar-refractivity contribution is -0.129. The molecule has 0 aromatic carbocycles. The van der Waals surface area contributed by atoms with Gasteiger partial charge in [-0.25, -0.2) is 0 Å². The van der Waals surface area contributed by atoms with Gasteiger partial charge in [0, 0.05) is 50.1 Å². The zero-order valence-electron chi connectivity index (χ0n) is 28.4. The van der Waals surface area contributed by atoms with Crippen LogP contribution in [0.1, 0.15) is 118 Å². The highest BCUT2D eigenvalue weighted by Gasteiger charge is 2.24. The van der Waals surface area contributed by atoms with E-state index < -0.39 is 6.04 Å². The fourth-order valence-corrected chi connectivity index (χ4v) is 6.78. The van der Waals surface area contributed by atoms with Crippen LogP contribution in [0.5, 0.6) is 0 Å². The third kappa shape index (κ3) is 18.8. The molecule has 0 aromatic rings. The minimum atomic E-state index is -0.466. The summed E-state index contributed by atoms with van der Waals surface area (Å²) in [6.45, 7) is 14.5. The van der Waals surface area contributed by atoms with Crippen molar-refractivity contribution in [2.24, 2.45) is 0 Å². The molecule has 0 unspecified atom stereocenters. The average Bonchev–Trinajstić information content (AvgIpc) is 3.24. The summed E-state index contributed by atoms with van der Waals surface area (Å²) >= 11 is 1.74. The Morgan fingerprint density at radius 1 is 0.814 bits per heavy atom. The molecule has 1 heterocycles. The Bertz CT molecular complexity index is 880. The van der Waals surface area contributed by atoms with Gasteiger partial charge in [-0.15, -0.1) is 0 Å². The van der Waals surface area contributed by atoms with E-state index in [0.29, 0.717) is 12.2 Å². The third-order valence-electron chi connectivity index (χ3n) is 8.78. The lowest BCUT2D eigenvalue weighted by Gasteiger charge is -2.32. The average molecular weight is 617 g/mol. The maximum atomic E-state index is 13.3. The second-order valence-electron chi connectivity index (χ2n) is 13.3. The van der Waals surface area contributed by atoms with Gasteiger partial charge < -0.3 is 20.4 Å². The first-order valence-electron chi connectivity index (χ1n) is 17.3. The Morgan fingerprint density at radius 3 is 2.14 bits per heavy atom. The molecule has 6 nitrogen and oxygen atoms in total. The Labute approximate surface area is 268 Å². The topological polar surface area (TPSA) is 64.7 Å². The van der Waals surface area contributed by atoms with E-state index in [4.69, 9.17) is 0 Å². The fourth-order valence-electron chi connectivity index (χ4n) is 5.77. The van der Waals surface area contributed by atoms with Crippen LogP contribution < -0.4 is 10.6 Å². The highest BCUT2D eigenvalue weighted by atomic mass is 32.2. The van der Waals surface area contributed by atoms with Gasteiger partial charge in [0.1, 0.15) is 6.04 Å². The third-order valence-corrected chi connectivity index (χ3v) is 9.76. The molecular weight excluding hydrogens is 552 g/mol. The molecule has 2 fully saturated rings. The molecule has 1 saturated heterocycles. The number of unbranched alkanes of at least 4 members (excludes halogenated alkanes) is 2. The number of amides is 2. The van der Waals surface area contributed by atoms with Crippen molar-refractivity contribution in [3.8, 4) is 0 Å². The summed E-state index contributed by atoms with van der Waals surface area (Å²) < 4.78 is 0. The SMILES string of the molecule is CC(C)=CCC/C(C)=C/CC/C(C)=C/CSC[C@H](NC(=O)CCCCCN1CCN(C)CC1)C(=O)NC1CCCCCC1. The van der Waals surface area contributed by atoms with E-state index >= 15 is 0 Å². The molecular formula is C36H64N4O2S. The molecule has 2 aliphatic rings. The summed E-state index contributed by atoms with van der Waals surface area (Å²) in [5, 5.41) is 6.39. The van der Waals surface area contributed by atoms with Gasteiger partial charge in [0.15, 0.2) is 0 Å². The number of carbonyl (C=O) groups is 2. The van der Waals surface area contributed by atoms with Crippen molar-refractivity contribution in [2.45, 2.75) is 130 Å². The molecule has 0 spiro atoms. The summed E-state index contributed by atoms with van der Waals surface area (Å²) in [6, 6.07) is -0.221. The van der Waals surface area contributed by atoms with Crippen molar-refractivity contribution in [1.29, 1.82) is 0 Å². The fraction of sp³-hybridized carbons (Fsp3) is 0.778. The van der Waals surface area contributed by atoms with Gasteiger partial charge in [-0.1, -0.05) is 67.1 Å². The van der Waals surface area contributed by atoms with Crippen molar-refractivity contribution < 1.29 is 9.59 Å². The number of likely N-dealkylation sites (N-methyl/N-ethyl adjacent to an activating group) is 1. The standard InChI is InChI=1S/C36H64N4O2S/c1-30(2)15-13-16-31(3)17-14-18-32(4)22-28-43-29-34(36(42)37-33-19-9-6-7-10-20-33)38-35(41)21-11-8-12-23-40-26-24-39(5)25-27-40/h15,17,22,33-34H,6-14,16,18-21,23-29H2,1-5H3,(H,37,42)(H,38,41)/b31-17+,32-22+/t34-/m0/s1. The number of nitrogens with one attached hydrogen (secondary N) is 2. The lowest BCUT2D eigenvalue weighted by atomic mass is 10.1. The normalized spacial score (nSPS) is 18.6. The van der Waals surface area contributed by atoms with E-state index in [9.17, 15) is 9.59 Å². The number of rotatable bonds is 19. The van der Waals surface area contributed by atoms with Crippen LogP contribution in [0, 0.1) is 0 Å². The number of hydrogen-bond donors (Lipinski definition) is 2. The zero-order valence-corrected chi connectivity index (χ0v) is 29.2. The molecule has 246 valence electrons. The van der Waals surface area contributed by atoms with E-state index in [2.05, 4.69) is 73.4 Å². The number of allylic oxidation sites excluding steroid dienone is 5. The smallest absolute Gasteiger partial charge is 0.243 e. The van der Waals surface area contributed by atoms with Crippen LogP contribution in [0.2, 0.25) is 0 Å². The van der Waals surface area contributed by atoms with Crippen molar-refractivity contribution in [1.82, 2.24) is 20.4 Å². The van der Waals surface area contributed by atoms with E-state index in [1.165, 1.54) is 42.4 Å². The second-order valence-corrected chi connectivity index (χ2v) is 14.3. The van der Waals surface area contributed by atoms with E-state index in [0.717, 1.165) is 96.3 Å².